The second kappa shape index (κ2) is 9.64. The Morgan fingerprint density at radius 1 is 0.968 bits per heavy atom. The van der Waals surface area contributed by atoms with Gasteiger partial charge < -0.3 is 19.3 Å². The Bertz CT molecular complexity index is 993. The molecule has 1 aliphatic rings. The van der Waals surface area contributed by atoms with Crippen molar-refractivity contribution in [3.05, 3.63) is 64.2 Å². The Labute approximate surface area is 182 Å². The van der Waals surface area contributed by atoms with Gasteiger partial charge in [0.25, 0.3) is 0 Å². The first-order valence-electron chi connectivity index (χ1n) is 10.5. The molecule has 0 saturated carbocycles. The molecule has 7 heteroatoms. The van der Waals surface area contributed by atoms with E-state index in [1.807, 2.05) is 37.3 Å². The van der Waals surface area contributed by atoms with E-state index in [9.17, 15) is 9.59 Å². The second-order valence-electron chi connectivity index (χ2n) is 7.16. The molecule has 0 bridgehead atoms. The Hall–Kier alpha value is -3.35. The SMILES string of the molecule is CCOC(=O)C1=C(C)NC(C)=C(C(=O)OCC)C1c1c(-c2ccccc2)noc1CC. The molecule has 1 aliphatic heterocycles. The average Bonchev–Trinajstić information content (AvgIpc) is 3.17. The summed E-state index contributed by atoms with van der Waals surface area (Å²) < 4.78 is 16.4. The number of aryl methyl sites for hydroxylation is 1. The van der Waals surface area contributed by atoms with Crippen molar-refractivity contribution in [2.45, 2.75) is 47.0 Å². The van der Waals surface area contributed by atoms with Gasteiger partial charge in [0, 0.05) is 28.9 Å². The van der Waals surface area contributed by atoms with Gasteiger partial charge in [-0.15, -0.1) is 0 Å². The second-order valence-corrected chi connectivity index (χ2v) is 7.16. The van der Waals surface area contributed by atoms with Crippen LogP contribution >= 0.6 is 0 Å². The van der Waals surface area contributed by atoms with Crippen LogP contribution in [0, 0.1) is 0 Å². The fourth-order valence-corrected chi connectivity index (χ4v) is 3.93. The highest BCUT2D eigenvalue weighted by atomic mass is 16.5. The highest BCUT2D eigenvalue weighted by molar-refractivity contribution is 6.00. The lowest BCUT2D eigenvalue weighted by atomic mass is 9.78. The van der Waals surface area contributed by atoms with Gasteiger partial charge in [-0.3, -0.25) is 0 Å². The number of carbonyl (C=O) groups excluding carboxylic acids is 2. The third kappa shape index (κ3) is 4.26. The molecule has 7 nitrogen and oxygen atoms in total. The first-order chi connectivity index (χ1) is 14.9. The third-order valence-corrected chi connectivity index (χ3v) is 5.21. The average molecular weight is 424 g/mol. The predicted octanol–water partition coefficient (Wildman–Crippen LogP) is 4.27. The van der Waals surface area contributed by atoms with Gasteiger partial charge in [-0.2, -0.15) is 0 Å². The van der Waals surface area contributed by atoms with E-state index in [4.69, 9.17) is 14.0 Å². The smallest absolute Gasteiger partial charge is 0.336 e. The lowest BCUT2D eigenvalue weighted by Gasteiger charge is -2.30. The maximum atomic E-state index is 13.0. The first kappa shape index (κ1) is 22.3. The van der Waals surface area contributed by atoms with Crippen LogP contribution in [-0.2, 0) is 25.5 Å². The maximum Gasteiger partial charge on any atom is 0.336 e. The number of dihydropyridines is 1. The zero-order valence-corrected chi connectivity index (χ0v) is 18.6. The van der Waals surface area contributed by atoms with E-state index in [1.165, 1.54) is 0 Å². The molecule has 0 saturated heterocycles. The molecule has 0 spiro atoms. The number of allylic oxidation sites excluding steroid dienone is 2. The molecule has 31 heavy (non-hydrogen) atoms. The minimum atomic E-state index is -0.726. The zero-order valence-electron chi connectivity index (χ0n) is 18.6. The molecule has 2 aromatic rings. The number of aromatic nitrogens is 1. The van der Waals surface area contributed by atoms with Crippen LogP contribution in [0.15, 0.2) is 57.4 Å². The lowest BCUT2D eigenvalue weighted by Crippen LogP contribution is -2.33. The fraction of sp³-hybridized carbons (Fsp3) is 0.375. The number of nitrogens with zero attached hydrogens (tertiary/aromatic N) is 1. The molecule has 1 aromatic heterocycles. The number of nitrogens with one attached hydrogen (secondary N) is 1. The Morgan fingerprint density at radius 2 is 1.52 bits per heavy atom. The van der Waals surface area contributed by atoms with Crippen LogP contribution < -0.4 is 5.32 Å². The number of benzene rings is 1. The largest absolute Gasteiger partial charge is 0.463 e. The molecular formula is C24H28N2O5. The highest BCUT2D eigenvalue weighted by Crippen LogP contribution is 2.44. The summed E-state index contributed by atoms with van der Waals surface area (Å²) >= 11 is 0. The molecule has 0 aliphatic carbocycles. The summed E-state index contributed by atoms with van der Waals surface area (Å²) in [5.41, 5.74) is 4.05. The first-order valence-corrected chi connectivity index (χ1v) is 10.5. The van der Waals surface area contributed by atoms with Crippen molar-refractivity contribution in [2.24, 2.45) is 0 Å². The molecule has 164 valence electrons. The van der Waals surface area contributed by atoms with Crippen molar-refractivity contribution in [3.8, 4) is 11.3 Å². The topological polar surface area (TPSA) is 90.7 Å². The molecule has 0 unspecified atom stereocenters. The Balaban J connectivity index is 2.31. The molecule has 2 heterocycles. The minimum absolute atomic E-state index is 0.218. The molecular weight excluding hydrogens is 396 g/mol. The van der Waals surface area contributed by atoms with Gasteiger partial charge in [-0.1, -0.05) is 42.4 Å². The van der Waals surface area contributed by atoms with Crippen molar-refractivity contribution < 1.29 is 23.6 Å². The van der Waals surface area contributed by atoms with Gasteiger partial charge in [0.2, 0.25) is 0 Å². The van der Waals surface area contributed by atoms with Gasteiger partial charge in [0.05, 0.1) is 30.3 Å². The van der Waals surface area contributed by atoms with Crippen molar-refractivity contribution in [1.29, 1.82) is 0 Å². The molecule has 3 rings (SSSR count). The van der Waals surface area contributed by atoms with E-state index in [0.717, 1.165) is 5.56 Å². The molecule has 0 atom stereocenters. The van der Waals surface area contributed by atoms with E-state index in [0.29, 0.717) is 46.0 Å². The van der Waals surface area contributed by atoms with Gasteiger partial charge in [0.1, 0.15) is 11.5 Å². The number of hydrogen-bond acceptors (Lipinski definition) is 7. The van der Waals surface area contributed by atoms with E-state index < -0.39 is 17.9 Å². The van der Waals surface area contributed by atoms with Gasteiger partial charge >= 0.3 is 11.9 Å². The van der Waals surface area contributed by atoms with Crippen molar-refractivity contribution in [3.63, 3.8) is 0 Å². The molecule has 0 fully saturated rings. The normalized spacial score (nSPS) is 14.5. The summed E-state index contributed by atoms with van der Waals surface area (Å²) in [6.45, 7) is 9.47. The van der Waals surface area contributed by atoms with E-state index in [1.54, 1.807) is 27.7 Å². The molecule has 1 N–H and O–H groups in total. The predicted molar refractivity (Wildman–Crippen MR) is 116 cm³/mol. The maximum absolute atomic E-state index is 13.0. The Morgan fingerprint density at radius 3 is 2.00 bits per heavy atom. The van der Waals surface area contributed by atoms with Crippen LogP contribution in [0.1, 0.15) is 51.9 Å². The van der Waals surface area contributed by atoms with Crippen LogP contribution in [-0.4, -0.2) is 30.3 Å². The van der Waals surface area contributed by atoms with Crippen molar-refractivity contribution >= 4 is 11.9 Å². The quantitative estimate of drug-likeness (QED) is 0.664. The summed E-state index contributed by atoms with van der Waals surface area (Å²) in [6.07, 6.45) is 0.545. The molecule has 0 radical (unpaired) electrons. The van der Waals surface area contributed by atoms with Gasteiger partial charge in [0.15, 0.2) is 0 Å². The molecule has 0 amide bonds. The minimum Gasteiger partial charge on any atom is -0.463 e. The summed E-state index contributed by atoms with van der Waals surface area (Å²) in [5, 5.41) is 7.47. The number of hydrogen-bond donors (Lipinski definition) is 1. The van der Waals surface area contributed by atoms with Crippen molar-refractivity contribution in [1.82, 2.24) is 10.5 Å². The Kier molecular flexibility index (Phi) is 6.95. The lowest BCUT2D eigenvalue weighted by molar-refractivity contribution is -0.139. The van der Waals surface area contributed by atoms with Crippen LogP contribution in [0.5, 0.6) is 0 Å². The summed E-state index contributed by atoms with van der Waals surface area (Å²) in [4.78, 5) is 26.1. The van der Waals surface area contributed by atoms with Crippen molar-refractivity contribution in [2.75, 3.05) is 13.2 Å². The van der Waals surface area contributed by atoms with Crippen LogP contribution in [0.2, 0.25) is 0 Å². The van der Waals surface area contributed by atoms with E-state index >= 15 is 0 Å². The third-order valence-electron chi connectivity index (χ3n) is 5.21. The number of carbonyl (C=O) groups is 2. The van der Waals surface area contributed by atoms with E-state index in [2.05, 4.69) is 10.5 Å². The van der Waals surface area contributed by atoms with Crippen LogP contribution in [0.4, 0.5) is 0 Å². The fourth-order valence-electron chi connectivity index (χ4n) is 3.93. The van der Waals surface area contributed by atoms with E-state index in [-0.39, 0.29) is 13.2 Å². The van der Waals surface area contributed by atoms with Gasteiger partial charge in [-0.25, -0.2) is 9.59 Å². The zero-order chi connectivity index (χ0) is 22.5. The number of esters is 2. The summed E-state index contributed by atoms with van der Waals surface area (Å²) in [5.74, 6) is -1.10. The molecule has 1 aromatic carbocycles. The standard InChI is InChI=1S/C24H28N2O5/c1-6-17-20(22(26-31-17)16-12-10-9-11-13-16)21-18(23(27)29-7-2)14(4)25-15(5)19(21)24(28)30-8-3/h9-13,21,25H,6-8H2,1-5H3. The van der Waals surface area contributed by atoms with Crippen LogP contribution in [0.25, 0.3) is 11.3 Å². The summed E-state index contributed by atoms with van der Waals surface area (Å²) in [6, 6.07) is 9.56. The van der Waals surface area contributed by atoms with Crippen LogP contribution in [0.3, 0.4) is 0 Å². The van der Waals surface area contributed by atoms with Gasteiger partial charge in [-0.05, 0) is 27.7 Å². The monoisotopic (exact) mass is 424 g/mol. The number of ether oxygens (including phenoxy) is 2. The highest BCUT2D eigenvalue weighted by Gasteiger charge is 2.41. The number of rotatable bonds is 7. The summed E-state index contributed by atoms with van der Waals surface area (Å²) in [7, 11) is 0.